The molecule has 0 aromatic heterocycles. The van der Waals surface area contributed by atoms with E-state index in [9.17, 15) is 0 Å². The second-order valence-corrected chi connectivity index (χ2v) is 8.92. The average molecular weight is 482 g/mol. The molecule has 2 fully saturated rings. The van der Waals surface area contributed by atoms with Gasteiger partial charge in [0, 0.05) is 22.4 Å². The number of ether oxygens (including phenoxy) is 1. The minimum Gasteiger partial charge on any atom is -0.487 e. The third-order valence-corrected chi connectivity index (χ3v) is 6.74. The van der Waals surface area contributed by atoms with Gasteiger partial charge in [0.15, 0.2) is 0 Å². The first-order chi connectivity index (χ1) is 10.0. The monoisotopic (exact) mass is 479 g/mol. The van der Waals surface area contributed by atoms with Crippen LogP contribution in [-0.2, 0) is 0 Å². The summed E-state index contributed by atoms with van der Waals surface area (Å²) >= 11 is 10.7. The van der Waals surface area contributed by atoms with Gasteiger partial charge in [-0.15, -0.1) is 0 Å². The highest BCUT2D eigenvalue weighted by Gasteiger charge is 2.54. The number of rotatable bonds is 2. The maximum atomic E-state index is 6.39. The summed E-state index contributed by atoms with van der Waals surface area (Å²) in [7, 11) is 0. The van der Waals surface area contributed by atoms with Crippen LogP contribution in [0.15, 0.2) is 25.6 Å². The lowest BCUT2D eigenvalue weighted by molar-refractivity contribution is -0.0777. The Hall–Kier alpha value is 0.420. The van der Waals surface area contributed by atoms with Crippen LogP contribution in [-0.4, -0.2) is 12.1 Å². The fourth-order valence-electron chi connectivity index (χ4n) is 3.81. The van der Waals surface area contributed by atoms with Gasteiger partial charge in [-0.25, -0.2) is 0 Å². The first kappa shape index (κ1) is 16.3. The van der Waals surface area contributed by atoms with Gasteiger partial charge in [-0.2, -0.15) is 0 Å². The molecule has 3 rings (SSSR count). The van der Waals surface area contributed by atoms with Gasteiger partial charge >= 0.3 is 0 Å². The maximum Gasteiger partial charge on any atom is 0.148 e. The minimum atomic E-state index is 0.197. The normalized spacial score (nSPS) is 28.0. The zero-order valence-corrected chi connectivity index (χ0v) is 16.6. The fourth-order valence-corrected chi connectivity index (χ4v) is 6.25. The Morgan fingerprint density at radius 2 is 1.57 bits per heavy atom. The highest BCUT2D eigenvalue weighted by Crippen LogP contribution is 2.52. The molecule has 1 aromatic rings. The van der Waals surface area contributed by atoms with Gasteiger partial charge in [-0.05, 0) is 56.8 Å². The molecule has 21 heavy (non-hydrogen) atoms. The molecule has 2 aliphatic carbocycles. The number of hydrogen-bond acceptors (Lipinski definition) is 2. The predicted molar refractivity (Wildman–Crippen MR) is 96.7 cm³/mol. The topological polar surface area (TPSA) is 35.2 Å². The van der Waals surface area contributed by atoms with E-state index in [1.54, 1.807) is 0 Å². The van der Waals surface area contributed by atoms with Crippen LogP contribution in [0.3, 0.4) is 0 Å². The highest BCUT2D eigenvalue weighted by molar-refractivity contribution is 9.11. The Bertz CT molecular complexity index is 503. The summed E-state index contributed by atoms with van der Waals surface area (Å²) < 4.78 is 9.38. The van der Waals surface area contributed by atoms with Crippen molar-refractivity contribution in [2.24, 2.45) is 11.1 Å². The van der Waals surface area contributed by atoms with Gasteiger partial charge in [0.1, 0.15) is 11.9 Å². The van der Waals surface area contributed by atoms with Crippen LogP contribution in [0.2, 0.25) is 0 Å². The van der Waals surface area contributed by atoms with E-state index in [0.717, 1.165) is 25.6 Å². The van der Waals surface area contributed by atoms with Crippen LogP contribution < -0.4 is 10.5 Å². The highest BCUT2D eigenvalue weighted by atomic mass is 79.9. The van der Waals surface area contributed by atoms with Gasteiger partial charge in [0.2, 0.25) is 0 Å². The average Bonchev–Trinajstić information content (AvgIpc) is 2.69. The van der Waals surface area contributed by atoms with Crippen molar-refractivity contribution in [3.05, 3.63) is 25.6 Å². The van der Waals surface area contributed by atoms with Crippen molar-refractivity contribution in [1.82, 2.24) is 0 Å². The number of benzene rings is 1. The van der Waals surface area contributed by atoms with E-state index < -0.39 is 0 Å². The molecule has 0 aliphatic heterocycles. The molecule has 0 heterocycles. The Morgan fingerprint density at radius 1 is 1.00 bits per heavy atom. The predicted octanol–water partition coefficient (Wildman–Crippen LogP) is 5.79. The van der Waals surface area contributed by atoms with E-state index in [2.05, 4.69) is 47.8 Å². The van der Waals surface area contributed by atoms with Crippen molar-refractivity contribution < 1.29 is 4.74 Å². The Kier molecular flexibility index (Phi) is 5.04. The van der Waals surface area contributed by atoms with Crippen LogP contribution in [0.4, 0.5) is 0 Å². The van der Waals surface area contributed by atoms with Gasteiger partial charge < -0.3 is 10.5 Å². The van der Waals surface area contributed by atoms with Crippen LogP contribution in [0, 0.1) is 5.41 Å². The van der Waals surface area contributed by atoms with Crippen molar-refractivity contribution in [2.75, 3.05) is 0 Å². The Morgan fingerprint density at radius 3 is 2.10 bits per heavy atom. The van der Waals surface area contributed by atoms with Crippen LogP contribution in [0.5, 0.6) is 5.75 Å². The second kappa shape index (κ2) is 6.50. The molecular formula is C16H20Br3NO. The standard InChI is InChI=1S/C16H20Br3NO/c17-10-7-11(18)15(12(19)8-10)21-14-9-13(20)16(14)5-3-1-2-4-6-16/h7-8,13-14H,1-6,9,20H2. The van der Waals surface area contributed by atoms with Crippen LogP contribution >= 0.6 is 47.8 Å². The molecule has 116 valence electrons. The number of hydrogen-bond donors (Lipinski definition) is 1. The molecule has 2 nitrogen and oxygen atoms in total. The molecular weight excluding hydrogens is 462 g/mol. The first-order valence-electron chi connectivity index (χ1n) is 7.60. The minimum absolute atomic E-state index is 0.197. The summed E-state index contributed by atoms with van der Waals surface area (Å²) in [5, 5.41) is 0. The van der Waals surface area contributed by atoms with Gasteiger partial charge in [-0.3, -0.25) is 0 Å². The molecule has 2 aliphatic rings. The second-order valence-electron chi connectivity index (χ2n) is 6.29. The molecule has 5 heteroatoms. The van der Waals surface area contributed by atoms with E-state index in [0.29, 0.717) is 6.04 Å². The largest absolute Gasteiger partial charge is 0.487 e. The van der Waals surface area contributed by atoms with E-state index in [4.69, 9.17) is 10.5 Å². The molecule has 2 atom stereocenters. The van der Waals surface area contributed by atoms with E-state index >= 15 is 0 Å². The molecule has 2 N–H and O–H groups in total. The lowest BCUT2D eigenvalue weighted by Crippen LogP contribution is -2.63. The molecule has 1 aromatic carbocycles. The van der Waals surface area contributed by atoms with Gasteiger partial charge in [-0.1, -0.05) is 41.6 Å². The lowest BCUT2D eigenvalue weighted by Gasteiger charge is -2.54. The first-order valence-corrected chi connectivity index (χ1v) is 9.97. The molecule has 0 saturated heterocycles. The zero-order chi connectivity index (χ0) is 15.0. The van der Waals surface area contributed by atoms with Crippen molar-refractivity contribution in [1.29, 1.82) is 0 Å². The summed E-state index contributed by atoms with van der Waals surface area (Å²) in [6, 6.07) is 4.35. The molecule has 0 radical (unpaired) electrons. The molecule has 0 amide bonds. The molecule has 0 bridgehead atoms. The number of nitrogens with two attached hydrogens (primary N) is 1. The SMILES string of the molecule is NC1CC(Oc2c(Br)cc(Br)cc2Br)C12CCCCCC2. The molecule has 2 unspecified atom stereocenters. The van der Waals surface area contributed by atoms with Crippen molar-refractivity contribution in [3.8, 4) is 5.75 Å². The third kappa shape index (κ3) is 3.08. The van der Waals surface area contributed by atoms with Crippen molar-refractivity contribution in [3.63, 3.8) is 0 Å². The summed E-state index contributed by atoms with van der Waals surface area (Å²) in [4.78, 5) is 0. The Labute approximate surface area is 151 Å². The zero-order valence-electron chi connectivity index (χ0n) is 11.9. The van der Waals surface area contributed by atoms with Gasteiger partial charge in [0.25, 0.3) is 0 Å². The summed E-state index contributed by atoms with van der Waals surface area (Å²) in [6.07, 6.45) is 8.90. The fraction of sp³-hybridized carbons (Fsp3) is 0.625. The van der Waals surface area contributed by atoms with E-state index in [1.807, 2.05) is 12.1 Å². The summed E-state index contributed by atoms with van der Waals surface area (Å²) in [5.41, 5.74) is 6.59. The van der Waals surface area contributed by atoms with E-state index in [-0.39, 0.29) is 11.5 Å². The van der Waals surface area contributed by atoms with Gasteiger partial charge in [0.05, 0.1) is 8.95 Å². The lowest BCUT2D eigenvalue weighted by atomic mass is 9.58. The van der Waals surface area contributed by atoms with Crippen LogP contribution in [0.1, 0.15) is 44.9 Å². The number of halogens is 3. The summed E-state index contributed by atoms with van der Waals surface area (Å²) in [6.45, 7) is 0. The van der Waals surface area contributed by atoms with E-state index in [1.165, 1.54) is 38.5 Å². The molecule has 2 saturated carbocycles. The smallest absolute Gasteiger partial charge is 0.148 e. The third-order valence-electron chi connectivity index (χ3n) is 5.11. The molecule has 1 spiro atoms. The maximum absolute atomic E-state index is 6.39. The van der Waals surface area contributed by atoms with Crippen LogP contribution in [0.25, 0.3) is 0 Å². The van der Waals surface area contributed by atoms with Crippen molar-refractivity contribution in [2.45, 2.75) is 57.1 Å². The Balaban J connectivity index is 1.82. The quantitative estimate of drug-likeness (QED) is 0.580. The van der Waals surface area contributed by atoms with Crippen molar-refractivity contribution >= 4 is 47.8 Å². The summed E-state index contributed by atoms with van der Waals surface area (Å²) in [5.74, 6) is 0.902.